The molecule has 0 radical (unpaired) electrons. The van der Waals surface area contributed by atoms with Crippen LogP contribution >= 0.6 is 11.8 Å². The second kappa shape index (κ2) is 5.60. The zero-order chi connectivity index (χ0) is 8.81. The highest BCUT2D eigenvalue weighted by atomic mass is 32.2. The predicted molar refractivity (Wildman–Crippen MR) is 51.6 cm³/mol. The van der Waals surface area contributed by atoms with Crippen molar-refractivity contribution < 1.29 is 9.53 Å². The van der Waals surface area contributed by atoms with Gasteiger partial charge in [-0.1, -0.05) is 0 Å². The van der Waals surface area contributed by atoms with Crippen molar-refractivity contribution in [1.29, 1.82) is 0 Å². The van der Waals surface area contributed by atoms with E-state index >= 15 is 0 Å². The molecule has 1 atom stereocenters. The van der Waals surface area contributed by atoms with Crippen LogP contribution in [0.3, 0.4) is 0 Å². The number of thioether (sulfide) groups is 1. The first-order valence-electron chi connectivity index (χ1n) is 4.48. The summed E-state index contributed by atoms with van der Waals surface area (Å²) < 4.78 is 4.94. The fraction of sp³-hybridized carbons (Fsp3) is 0.889. The van der Waals surface area contributed by atoms with Gasteiger partial charge in [0.05, 0.1) is 5.25 Å². The van der Waals surface area contributed by atoms with E-state index in [0.717, 1.165) is 38.0 Å². The largest absolute Gasteiger partial charge is 0.385 e. The van der Waals surface area contributed by atoms with Crippen molar-refractivity contribution in [3.05, 3.63) is 0 Å². The second-order valence-electron chi connectivity index (χ2n) is 3.06. The molecule has 0 amide bonds. The molecule has 0 bridgehead atoms. The average Bonchev–Trinajstić information content (AvgIpc) is 2.46. The third-order valence-electron chi connectivity index (χ3n) is 2.06. The molecule has 70 valence electrons. The van der Waals surface area contributed by atoms with Crippen molar-refractivity contribution in [3.8, 4) is 0 Å². The Morgan fingerprint density at radius 2 is 2.50 bits per heavy atom. The van der Waals surface area contributed by atoms with Gasteiger partial charge in [0.1, 0.15) is 5.78 Å². The molecule has 0 N–H and O–H groups in total. The third-order valence-corrected chi connectivity index (χ3v) is 3.49. The van der Waals surface area contributed by atoms with Crippen LogP contribution in [0, 0.1) is 0 Å². The number of carbonyl (C=O) groups is 1. The molecule has 2 nitrogen and oxygen atoms in total. The quantitative estimate of drug-likeness (QED) is 0.616. The SMILES string of the molecule is COCCCSC1CCCC1=O. The van der Waals surface area contributed by atoms with Gasteiger partial charge in [-0.2, -0.15) is 11.8 Å². The molecule has 1 aliphatic rings. The minimum atomic E-state index is 0.307. The van der Waals surface area contributed by atoms with Gasteiger partial charge in [-0.25, -0.2) is 0 Å². The van der Waals surface area contributed by atoms with Crippen LogP contribution in [-0.2, 0) is 9.53 Å². The van der Waals surface area contributed by atoms with Gasteiger partial charge in [-0.3, -0.25) is 4.79 Å². The van der Waals surface area contributed by atoms with Gasteiger partial charge in [0.2, 0.25) is 0 Å². The normalized spacial score (nSPS) is 23.4. The van der Waals surface area contributed by atoms with E-state index in [2.05, 4.69) is 0 Å². The molecule has 0 spiro atoms. The van der Waals surface area contributed by atoms with E-state index in [0.29, 0.717) is 11.0 Å². The van der Waals surface area contributed by atoms with E-state index < -0.39 is 0 Å². The molecular weight excluding hydrogens is 172 g/mol. The lowest BCUT2D eigenvalue weighted by Crippen LogP contribution is -2.09. The third kappa shape index (κ3) is 3.15. The van der Waals surface area contributed by atoms with Crippen LogP contribution in [0.15, 0.2) is 0 Å². The smallest absolute Gasteiger partial charge is 0.145 e. The van der Waals surface area contributed by atoms with Crippen LogP contribution in [0.2, 0.25) is 0 Å². The molecule has 0 aromatic rings. The van der Waals surface area contributed by atoms with Crippen molar-refractivity contribution in [2.45, 2.75) is 30.9 Å². The number of Topliss-reactive ketones (excluding diaryl/α,β-unsaturated/α-hetero) is 1. The summed E-state index contributed by atoms with van der Waals surface area (Å²) in [6, 6.07) is 0. The maximum absolute atomic E-state index is 11.2. The van der Waals surface area contributed by atoms with Crippen molar-refractivity contribution >= 4 is 17.5 Å². The standard InChI is InChI=1S/C9H16O2S/c1-11-6-3-7-12-9-5-2-4-8(9)10/h9H,2-7H2,1H3. The molecule has 1 aliphatic carbocycles. The first kappa shape index (κ1) is 10.1. The lowest BCUT2D eigenvalue weighted by Gasteiger charge is -2.06. The molecule has 0 aliphatic heterocycles. The highest BCUT2D eigenvalue weighted by Gasteiger charge is 2.23. The Bertz CT molecular complexity index is 147. The first-order chi connectivity index (χ1) is 5.84. The predicted octanol–water partition coefficient (Wildman–Crippen LogP) is 1.88. The highest BCUT2D eigenvalue weighted by Crippen LogP contribution is 2.26. The van der Waals surface area contributed by atoms with Crippen LogP contribution in [0.5, 0.6) is 0 Å². The minimum absolute atomic E-state index is 0.307. The Kier molecular flexibility index (Phi) is 4.69. The number of ether oxygens (including phenoxy) is 1. The number of hydrogen-bond acceptors (Lipinski definition) is 3. The molecule has 1 unspecified atom stereocenters. The van der Waals surface area contributed by atoms with Crippen LogP contribution in [0.25, 0.3) is 0 Å². The van der Waals surface area contributed by atoms with Crippen LogP contribution in [0.4, 0.5) is 0 Å². The monoisotopic (exact) mass is 188 g/mol. The molecule has 0 aromatic carbocycles. The van der Waals surface area contributed by atoms with Crippen molar-refractivity contribution in [2.24, 2.45) is 0 Å². The Labute approximate surface area is 78.1 Å². The molecule has 3 heteroatoms. The van der Waals surface area contributed by atoms with Crippen LogP contribution in [0.1, 0.15) is 25.7 Å². The van der Waals surface area contributed by atoms with Gasteiger partial charge in [-0.15, -0.1) is 0 Å². The zero-order valence-electron chi connectivity index (χ0n) is 7.54. The number of carbonyl (C=O) groups excluding carboxylic acids is 1. The Morgan fingerprint density at radius 3 is 3.08 bits per heavy atom. The molecule has 0 aromatic heterocycles. The topological polar surface area (TPSA) is 26.3 Å². The summed E-state index contributed by atoms with van der Waals surface area (Å²) >= 11 is 1.80. The van der Waals surface area contributed by atoms with E-state index in [9.17, 15) is 4.79 Å². The number of hydrogen-bond donors (Lipinski definition) is 0. The van der Waals surface area contributed by atoms with Crippen molar-refractivity contribution in [2.75, 3.05) is 19.5 Å². The van der Waals surface area contributed by atoms with Gasteiger partial charge in [-0.05, 0) is 25.0 Å². The van der Waals surface area contributed by atoms with E-state index in [-0.39, 0.29) is 0 Å². The van der Waals surface area contributed by atoms with Gasteiger partial charge in [0.15, 0.2) is 0 Å². The lowest BCUT2D eigenvalue weighted by molar-refractivity contribution is -0.116. The molecular formula is C9H16O2S. The summed E-state index contributed by atoms with van der Waals surface area (Å²) in [5.41, 5.74) is 0. The molecule has 0 heterocycles. The first-order valence-corrected chi connectivity index (χ1v) is 5.52. The number of rotatable bonds is 5. The van der Waals surface area contributed by atoms with Crippen LogP contribution in [-0.4, -0.2) is 30.5 Å². The Morgan fingerprint density at radius 1 is 1.67 bits per heavy atom. The fourth-order valence-corrected chi connectivity index (χ4v) is 2.59. The number of ketones is 1. The van der Waals surface area contributed by atoms with Crippen molar-refractivity contribution in [3.63, 3.8) is 0 Å². The van der Waals surface area contributed by atoms with Gasteiger partial charge in [0, 0.05) is 20.1 Å². The molecule has 1 rings (SSSR count). The van der Waals surface area contributed by atoms with Gasteiger partial charge >= 0.3 is 0 Å². The summed E-state index contributed by atoms with van der Waals surface area (Å²) in [6.45, 7) is 0.813. The fourth-order valence-electron chi connectivity index (χ4n) is 1.39. The van der Waals surface area contributed by atoms with Crippen LogP contribution < -0.4 is 0 Å². The second-order valence-corrected chi connectivity index (χ2v) is 4.37. The van der Waals surface area contributed by atoms with Gasteiger partial charge < -0.3 is 4.74 Å². The van der Waals surface area contributed by atoms with Crippen molar-refractivity contribution in [1.82, 2.24) is 0 Å². The van der Waals surface area contributed by atoms with E-state index in [1.54, 1.807) is 18.9 Å². The maximum atomic E-state index is 11.2. The van der Waals surface area contributed by atoms with E-state index in [1.807, 2.05) is 0 Å². The molecule has 12 heavy (non-hydrogen) atoms. The molecule has 1 fully saturated rings. The Hall–Kier alpha value is -0.0200. The summed E-state index contributed by atoms with van der Waals surface area (Å²) in [5, 5.41) is 0.307. The lowest BCUT2D eigenvalue weighted by atomic mass is 10.3. The summed E-state index contributed by atoms with van der Waals surface area (Å²) in [6.07, 6.45) is 4.06. The number of methoxy groups -OCH3 is 1. The molecule has 0 saturated heterocycles. The minimum Gasteiger partial charge on any atom is -0.385 e. The van der Waals surface area contributed by atoms with Gasteiger partial charge in [0.25, 0.3) is 0 Å². The highest BCUT2D eigenvalue weighted by molar-refractivity contribution is 8.00. The average molecular weight is 188 g/mol. The van der Waals surface area contributed by atoms with E-state index in [1.165, 1.54) is 0 Å². The molecule has 1 saturated carbocycles. The summed E-state index contributed by atoms with van der Waals surface area (Å²) in [4.78, 5) is 11.2. The maximum Gasteiger partial charge on any atom is 0.145 e. The summed E-state index contributed by atoms with van der Waals surface area (Å²) in [5.74, 6) is 1.52. The zero-order valence-corrected chi connectivity index (χ0v) is 8.36. The summed E-state index contributed by atoms with van der Waals surface area (Å²) in [7, 11) is 1.71. The Balaban J connectivity index is 2.02. The van der Waals surface area contributed by atoms with E-state index in [4.69, 9.17) is 4.74 Å².